The predicted molar refractivity (Wildman–Crippen MR) is 66.3 cm³/mol. The van der Waals surface area contributed by atoms with Crippen LogP contribution in [0.25, 0.3) is 0 Å². The first-order chi connectivity index (χ1) is 7.15. The molecular weight excluding hydrogens is 206 g/mol. The Morgan fingerprint density at radius 1 is 1.19 bits per heavy atom. The van der Waals surface area contributed by atoms with Crippen LogP contribution in [0.1, 0.15) is 52.9 Å². The Labute approximate surface area is 97.7 Å². The second kappa shape index (κ2) is 9.00. The van der Waals surface area contributed by atoms with Crippen LogP contribution >= 0.6 is 0 Å². The highest BCUT2D eigenvalue weighted by molar-refractivity contribution is 5.71. The second-order valence-corrected chi connectivity index (χ2v) is 4.97. The largest absolute Gasteiger partial charge is 0.481 e. The number of aliphatic carboxylic acids is 1. The average Bonchev–Trinajstić information content (AvgIpc) is 1.99. The molecule has 96 valence electrons. The molecule has 0 fully saturated rings. The third kappa shape index (κ3) is 29.3. The Morgan fingerprint density at radius 3 is 1.94 bits per heavy atom. The van der Waals surface area contributed by atoms with E-state index in [-0.39, 0.29) is 5.96 Å². The van der Waals surface area contributed by atoms with E-state index in [4.69, 9.17) is 10.5 Å². The quantitative estimate of drug-likeness (QED) is 0.329. The van der Waals surface area contributed by atoms with Crippen LogP contribution in [0.4, 0.5) is 0 Å². The maximum atomic E-state index is 10.2. The minimum atomic E-state index is -0.675. The zero-order valence-corrected chi connectivity index (χ0v) is 10.5. The van der Waals surface area contributed by atoms with E-state index in [9.17, 15) is 4.79 Å². The van der Waals surface area contributed by atoms with Gasteiger partial charge in [0.15, 0.2) is 5.96 Å². The molecule has 0 atom stereocenters. The minimum absolute atomic E-state index is 0.324. The van der Waals surface area contributed by atoms with E-state index >= 15 is 0 Å². The van der Waals surface area contributed by atoms with Crippen LogP contribution < -0.4 is 11.5 Å². The number of unbranched alkanes of at least 4 members (excludes halogenated alkanes) is 2. The highest BCUT2D eigenvalue weighted by Gasteiger charge is 2.08. The van der Waals surface area contributed by atoms with Gasteiger partial charge in [-0.25, -0.2) is 0 Å². The lowest BCUT2D eigenvalue weighted by Crippen LogP contribution is -2.20. The van der Waals surface area contributed by atoms with Crippen molar-refractivity contribution in [1.82, 2.24) is 0 Å². The second-order valence-electron chi connectivity index (χ2n) is 4.97. The molecule has 0 aromatic heterocycles. The third-order valence-corrected chi connectivity index (χ3v) is 1.82. The van der Waals surface area contributed by atoms with Crippen molar-refractivity contribution in [2.45, 2.75) is 52.9 Å². The van der Waals surface area contributed by atoms with Crippen molar-refractivity contribution in [3.63, 3.8) is 0 Å². The Morgan fingerprint density at radius 2 is 1.62 bits per heavy atom. The van der Waals surface area contributed by atoms with Crippen LogP contribution in [0.2, 0.25) is 0 Å². The summed E-state index contributed by atoms with van der Waals surface area (Å²) in [6.07, 6.45) is 4.53. The summed E-state index contributed by atoms with van der Waals surface area (Å²) < 4.78 is 0. The van der Waals surface area contributed by atoms with E-state index in [0.29, 0.717) is 11.8 Å². The van der Waals surface area contributed by atoms with E-state index in [1.807, 2.05) is 0 Å². The monoisotopic (exact) mass is 231 g/mol. The van der Waals surface area contributed by atoms with Crippen molar-refractivity contribution >= 4 is 11.9 Å². The van der Waals surface area contributed by atoms with Gasteiger partial charge >= 0.3 is 5.97 Å². The zero-order valence-electron chi connectivity index (χ0n) is 10.5. The van der Waals surface area contributed by atoms with E-state index in [2.05, 4.69) is 32.2 Å². The molecule has 0 heterocycles. The molecule has 0 radical (unpaired) electrons. The number of nitrogens with one attached hydrogen (secondary N) is 1. The third-order valence-electron chi connectivity index (χ3n) is 1.82. The van der Waals surface area contributed by atoms with Crippen LogP contribution in [-0.2, 0) is 4.79 Å². The van der Waals surface area contributed by atoms with Crippen molar-refractivity contribution in [3.8, 4) is 0 Å². The molecule has 5 heteroatoms. The van der Waals surface area contributed by atoms with E-state index in [1.165, 1.54) is 6.42 Å². The summed E-state index contributed by atoms with van der Waals surface area (Å²) in [4.78, 5) is 10.2. The first-order valence-electron chi connectivity index (χ1n) is 5.46. The van der Waals surface area contributed by atoms with Gasteiger partial charge in [-0.3, -0.25) is 10.2 Å². The molecule has 0 unspecified atom stereocenters. The fourth-order valence-electron chi connectivity index (χ4n) is 1.11. The maximum Gasteiger partial charge on any atom is 0.303 e. The summed E-state index contributed by atoms with van der Waals surface area (Å²) in [7, 11) is 0. The Bertz CT molecular complexity index is 206. The zero-order chi connectivity index (χ0) is 13.2. The number of hydrogen-bond donors (Lipinski definition) is 4. The highest BCUT2D eigenvalue weighted by atomic mass is 16.4. The molecule has 0 rings (SSSR count). The summed E-state index contributed by atoms with van der Waals surface area (Å²) in [6.45, 7) is 6.64. The molecule has 0 bridgehead atoms. The molecule has 0 aliphatic carbocycles. The van der Waals surface area contributed by atoms with Gasteiger partial charge in [0.2, 0.25) is 0 Å². The van der Waals surface area contributed by atoms with Gasteiger partial charge in [0.1, 0.15) is 0 Å². The number of carboxylic acids is 1. The fourth-order valence-corrected chi connectivity index (χ4v) is 1.11. The van der Waals surface area contributed by atoms with Crippen LogP contribution in [0, 0.1) is 10.8 Å². The van der Waals surface area contributed by atoms with Gasteiger partial charge in [-0.15, -0.1) is 0 Å². The van der Waals surface area contributed by atoms with E-state index in [0.717, 1.165) is 19.3 Å². The Balaban J connectivity index is 0. The topological polar surface area (TPSA) is 113 Å². The first-order valence-corrected chi connectivity index (χ1v) is 5.46. The molecule has 0 aromatic rings. The van der Waals surface area contributed by atoms with Crippen molar-refractivity contribution in [2.75, 3.05) is 0 Å². The number of nitrogens with two attached hydrogens (primary N) is 2. The molecule has 0 aromatic carbocycles. The maximum absolute atomic E-state index is 10.2. The van der Waals surface area contributed by atoms with Gasteiger partial charge in [-0.05, 0) is 18.3 Å². The van der Waals surface area contributed by atoms with Crippen molar-refractivity contribution < 1.29 is 9.90 Å². The van der Waals surface area contributed by atoms with Gasteiger partial charge in [-0.2, -0.15) is 0 Å². The van der Waals surface area contributed by atoms with Crippen LogP contribution in [-0.4, -0.2) is 17.0 Å². The number of rotatable bonds is 5. The normalized spacial score (nSPS) is 10.2. The molecule has 5 nitrogen and oxygen atoms in total. The summed E-state index contributed by atoms with van der Waals surface area (Å²) in [5, 5.41) is 14.4. The molecule has 0 saturated carbocycles. The molecule has 0 aliphatic heterocycles. The van der Waals surface area contributed by atoms with Gasteiger partial charge in [0.05, 0.1) is 0 Å². The summed E-state index contributed by atoms with van der Waals surface area (Å²) in [6, 6.07) is 0. The lowest BCUT2D eigenvalue weighted by atomic mass is 9.89. The molecule has 6 N–H and O–H groups in total. The lowest BCUT2D eigenvalue weighted by Gasteiger charge is -2.17. The lowest BCUT2D eigenvalue weighted by molar-refractivity contribution is -0.137. The Hall–Kier alpha value is -1.26. The van der Waals surface area contributed by atoms with E-state index in [1.54, 1.807) is 0 Å². The standard InChI is InChI=1S/C10H20O2.CH5N3/c1-10(2,3)8-6-4-5-7-9(11)12;2-1(3)4/h4-8H2,1-3H3,(H,11,12);(H5,2,3,4). The first kappa shape index (κ1) is 17.1. The SMILES string of the molecule is CC(C)(C)CCCCCC(=O)O.N=C(N)N. The van der Waals surface area contributed by atoms with Crippen LogP contribution in [0.5, 0.6) is 0 Å². The number of hydrogen-bond acceptors (Lipinski definition) is 2. The highest BCUT2D eigenvalue weighted by Crippen LogP contribution is 2.22. The summed E-state index contributed by atoms with van der Waals surface area (Å²) >= 11 is 0. The van der Waals surface area contributed by atoms with E-state index < -0.39 is 5.97 Å². The molecule has 0 saturated heterocycles. The smallest absolute Gasteiger partial charge is 0.303 e. The van der Waals surface area contributed by atoms with Crippen LogP contribution in [0.15, 0.2) is 0 Å². The predicted octanol–water partition coefficient (Wildman–Crippen LogP) is 1.91. The van der Waals surface area contributed by atoms with Gasteiger partial charge in [0.25, 0.3) is 0 Å². The molecular formula is C11H25N3O2. The minimum Gasteiger partial charge on any atom is -0.481 e. The van der Waals surface area contributed by atoms with Gasteiger partial charge in [0, 0.05) is 6.42 Å². The molecule has 0 aliphatic rings. The van der Waals surface area contributed by atoms with Crippen LogP contribution in [0.3, 0.4) is 0 Å². The van der Waals surface area contributed by atoms with Crippen molar-refractivity contribution in [1.29, 1.82) is 5.41 Å². The van der Waals surface area contributed by atoms with Crippen molar-refractivity contribution in [2.24, 2.45) is 16.9 Å². The fraction of sp³-hybridized carbons (Fsp3) is 0.818. The van der Waals surface area contributed by atoms with Gasteiger partial charge < -0.3 is 16.6 Å². The number of carbonyl (C=O) groups is 1. The molecule has 0 amide bonds. The summed E-state index contributed by atoms with van der Waals surface area (Å²) in [5.41, 5.74) is 9.34. The molecule has 16 heavy (non-hydrogen) atoms. The number of carboxylic acid groups (broad SMARTS) is 1. The number of guanidine groups is 1. The summed E-state index contributed by atoms with van der Waals surface area (Å²) in [5.74, 6) is -1.01. The van der Waals surface area contributed by atoms with Crippen molar-refractivity contribution in [3.05, 3.63) is 0 Å². The molecule has 0 spiro atoms. The Kier molecular flexibility index (Phi) is 9.65. The average molecular weight is 231 g/mol. The van der Waals surface area contributed by atoms with Gasteiger partial charge in [-0.1, -0.05) is 33.6 Å².